The van der Waals surface area contributed by atoms with Crippen LogP contribution in [0.4, 0.5) is 0 Å². The number of hydrogen-bond donors (Lipinski definition) is 1. The van der Waals surface area contributed by atoms with Crippen molar-refractivity contribution in [2.45, 2.75) is 0 Å². The fraction of sp³-hybridized carbons (Fsp3) is 0.143. The van der Waals surface area contributed by atoms with Gasteiger partial charge in [-0.25, -0.2) is 0 Å². The molecular formula is C14H12N4S. The fourth-order valence-electron chi connectivity index (χ4n) is 2.40. The molecule has 0 aliphatic carbocycles. The van der Waals surface area contributed by atoms with Crippen LogP contribution in [0, 0.1) is 0 Å². The Bertz CT molecular complexity index is 726. The Hall–Kier alpha value is -2.01. The second kappa shape index (κ2) is 4.28. The molecule has 0 saturated heterocycles. The second-order valence-electron chi connectivity index (χ2n) is 4.54. The van der Waals surface area contributed by atoms with Gasteiger partial charge in [0.15, 0.2) is 0 Å². The average molecular weight is 268 g/mol. The molecule has 2 aliphatic heterocycles. The zero-order valence-electron chi connectivity index (χ0n) is 10.2. The van der Waals surface area contributed by atoms with Gasteiger partial charge in [0.2, 0.25) is 0 Å². The van der Waals surface area contributed by atoms with E-state index >= 15 is 0 Å². The van der Waals surface area contributed by atoms with Gasteiger partial charge in [0.1, 0.15) is 5.84 Å². The number of allylic oxidation sites excluding steroid dienone is 2. The lowest BCUT2D eigenvalue weighted by atomic mass is 10.0. The SMILES string of the molecule is C1=CN2CCSN=C2C(c2ccc3cn[nH]c3c2)=C1. The number of aromatic amines is 1. The van der Waals surface area contributed by atoms with Gasteiger partial charge in [-0.1, -0.05) is 12.1 Å². The van der Waals surface area contributed by atoms with Crippen molar-refractivity contribution in [3.8, 4) is 0 Å². The van der Waals surface area contributed by atoms with E-state index in [-0.39, 0.29) is 0 Å². The summed E-state index contributed by atoms with van der Waals surface area (Å²) >= 11 is 1.64. The van der Waals surface area contributed by atoms with Crippen LogP contribution < -0.4 is 0 Å². The molecule has 0 atom stereocenters. The molecule has 2 aromatic rings. The molecule has 0 fully saturated rings. The van der Waals surface area contributed by atoms with Crippen LogP contribution in [0.2, 0.25) is 0 Å². The number of amidine groups is 1. The first-order chi connectivity index (χ1) is 9.42. The maximum Gasteiger partial charge on any atom is 0.148 e. The standard InChI is InChI=1S/C14H12N4S/c1-2-12(14-17-19-7-6-18(14)5-1)10-3-4-11-9-15-16-13(11)8-10/h1-5,8-9H,6-7H2,(H,15,16). The Labute approximate surface area is 115 Å². The lowest BCUT2D eigenvalue weighted by Crippen LogP contribution is -2.32. The maximum absolute atomic E-state index is 4.59. The van der Waals surface area contributed by atoms with Gasteiger partial charge in [0.05, 0.1) is 11.7 Å². The van der Waals surface area contributed by atoms with Gasteiger partial charge in [-0.2, -0.15) is 9.50 Å². The van der Waals surface area contributed by atoms with Crippen LogP contribution in [-0.4, -0.2) is 33.2 Å². The average Bonchev–Trinajstić information content (AvgIpc) is 2.94. The van der Waals surface area contributed by atoms with Crippen LogP contribution in [0.3, 0.4) is 0 Å². The highest BCUT2D eigenvalue weighted by atomic mass is 32.2. The van der Waals surface area contributed by atoms with Crippen molar-refractivity contribution in [1.82, 2.24) is 15.1 Å². The van der Waals surface area contributed by atoms with Gasteiger partial charge < -0.3 is 4.90 Å². The van der Waals surface area contributed by atoms with Gasteiger partial charge in [-0.15, -0.1) is 0 Å². The largest absolute Gasteiger partial charge is 0.331 e. The molecule has 1 aromatic carbocycles. The highest BCUT2D eigenvalue weighted by molar-refractivity contribution is 7.98. The maximum atomic E-state index is 4.59. The molecule has 2 aliphatic rings. The van der Waals surface area contributed by atoms with E-state index in [9.17, 15) is 0 Å². The van der Waals surface area contributed by atoms with E-state index in [1.54, 1.807) is 11.9 Å². The predicted octanol–water partition coefficient (Wildman–Crippen LogP) is 2.84. The summed E-state index contributed by atoms with van der Waals surface area (Å²) in [5, 5.41) is 8.21. The van der Waals surface area contributed by atoms with Gasteiger partial charge in [-0.3, -0.25) is 5.10 Å². The third-order valence-electron chi connectivity index (χ3n) is 3.37. The third kappa shape index (κ3) is 1.77. The number of nitrogens with zero attached hydrogens (tertiary/aromatic N) is 3. The number of rotatable bonds is 1. The van der Waals surface area contributed by atoms with Crippen molar-refractivity contribution in [2.24, 2.45) is 4.40 Å². The van der Waals surface area contributed by atoms with E-state index in [4.69, 9.17) is 0 Å². The third-order valence-corrected chi connectivity index (χ3v) is 4.04. The predicted molar refractivity (Wildman–Crippen MR) is 79.8 cm³/mol. The minimum atomic E-state index is 1.02. The monoisotopic (exact) mass is 268 g/mol. The molecule has 4 rings (SSSR count). The Kier molecular flexibility index (Phi) is 2.45. The van der Waals surface area contributed by atoms with Crippen LogP contribution in [0.5, 0.6) is 0 Å². The summed E-state index contributed by atoms with van der Waals surface area (Å²) in [7, 11) is 0. The van der Waals surface area contributed by atoms with Gasteiger partial charge in [0.25, 0.3) is 0 Å². The first-order valence-electron chi connectivity index (χ1n) is 6.21. The van der Waals surface area contributed by atoms with Crippen molar-refractivity contribution in [3.05, 3.63) is 48.3 Å². The highest BCUT2D eigenvalue weighted by Crippen LogP contribution is 2.28. The fourth-order valence-corrected chi connectivity index (χ4v) is 3.10. The second-order valence-corrected chi connectivity index (χ2v) is 5.38. The zero-order valence-corrected chi connectivity index (χ0v) is 11.0. The lowest BCUT2D eigenvalue weighted by Gasteiger charge is -2.29. The summed E-state index contributed by atoms with van der Waals surface area (Å²) in [6.07, 6.45) is 8.14. The van der Waals surface area contributed by atoms with Crippen molar-refractivity contribution < 1.29 is 0 Å². The molecule has 0 bridgehead atoms. The molecule has 19 heavy (non-hydrogen) atoms. The van der Waals surface area contributed by atoms with E-state index in [2.05, 4.69) is 56.0 Å². The van der Waals surface area contributed by atoms with E-state index in [1.807, 2.05) is 6.20 Å². The quantitative estimate of drug-likeness (QED) is 0.809. The van der Waals surface area contributed by atoms with E-state index in [1.165, 1.54) is 11.1 Å². The number of H-pyrrole nitrogens is 1. The number of benzene rings is 1. The smallest absolute Gasteiger partial charge is 0.148 e. The van der Waals surface area contributed by atoms with Gasteiger partial charge >= 0.3 is 0 Å². The lowest BCUT2D eigenvalue weighted by molar-refractivity contribution is 0.594. The summed E-state index contributed by atoms with van der Waals surface area (Å²) in [5.41, 5.74) is 3.40. The van der Waals surface area contributed by atoms with Crippen molar-refractivity contribution in [2.75, 3.05) is 12.3 Å². The minimum absolute atomic E-state index is 1.02. The molecule has 1 N–H and O–H groups in total. The minimum Gasteiger partial charge on any atom is -0.331 e. The van der Waals surface area contributed by atoms with Crippen LogP contribution in [0.25, 0.3) is 16.5 Å². The molecule has 94 valence electrons. The summed E-state index contributed by atoms with van der Waals surface area (Å²) < 4.78 is 4.59. The van der Waals surface area contributed by atoms with E-state index in [0.29, 0.717) is 0 Å². The van der Waals surface area contributed by atoms with Gasteiger partial charge in [-0.05, 0) is 35.7 Å². The van der Waals surface area contributed by atoms with Crippen molar-refractivity contribution in [1.29, 1.82) is 0 Å². The molecule has 1 aromatic heterocycles. The molecule has 4 nitrogen and oxygen atoms in total. The number of aromatic nitrogens is 2. The highest BCUT2D eigenvalue weighted by Gasteiger charge is 2.21. The van der Waals surface area contributed by atoms with Crippen molar-refractivity contribution in [3.63, 3.8) is 0 Å². The van der Waals surface area contributed by atoms with E-state index in [0.717, 1.165) is 29.0 Å². The summed E-state index contributed by atoms with van der Waals surface area (Å²) in [6.45, 7) is 1.02. The number of hydrogen-bond acceptors (Lipinski definition) is 4. The molecule has 3 heterocycles. The summed E-state index contributed by atoms with van der Waals surface area (Å²) in [5.74, 6) is 2.10. The molecule has 0 amide bonds. The van der Waals surface area contributed by atoms with E-state index < -0.39 is 0 Å². The summed E-state index contributed by atoms with van der Waals surface area (Å²) in [4.78, 5) is 2.21. The first-order valence-corrected chi connectivity index (χ1v) is 7.15. The Morgan fingerprint density at radius 1 is 1.32 bits per heavy atom. The van der Waals surface area contributed by atoms with Gasteiger partial charge in [0, 0.05) is 29.5 Å². The molecule has 0 saturated carbocycles. The van der Waals surface area contributed by atoms with Crippen LogP contribution >= 0.6 is 11.9 Å². The normalized spacial score (nSPS) is 18.2. The van der Waals surface area contributed by atoms with Crippen LogP contribution in [0.15, 0.2) is 47.1 Å². The summed E-state index contributed by atoms with van der Waals surface area (Å²) in [6, 6.07) is 6.35. The number of nitrogens with one attached hydrogen (secondary N) is 1. The Morgan fingerprint density at radius 3 is 3.32 bits per heavy atom. The van der Waals surface area contributed by atoms with Crippen molar-refractivity contribution >= 4 is 34.3 Å². The Balaban J connectivity index is 1.84. The molecule has 0 spiro atoms. The number of fused-ring (bicyclic) bond motifs is 2. The molecule has 0 unspecified atom stereocenters. The Morgan fingerprint density at radius 2 is 2.32 bits per heavy atom. The molecule has 0 radical (unpaired) electrons. The zero-order chi connectivity index (χ0) is 12.7. The topological polar surface area (TPSA) is 44.3 Å². The van der Waals surface area contributed by atoms with Crippen LogP contribution in [-0.2, 0) is 0 Å². The van der Waals surface area contributed by atoms with Crippen LogP contribution in [0.1, 0.15) is 5.56 Å². The molecular weight excluding hydrogens is 256 g/mol. The first kappa shape index (κ1) is 10.9. The molecule has 5 heteroatoms.